The van der Waals surface area contributed by atoms with Crippen LogP contribution in [0.1, 0.15) is 36.4 Å². The third-order valence-electron chi connectivity index (χ3n) is 4.03. The Kier molecular flexibility index (Phi) is 3.76. The van der Waals surface area contributed by atoms with E-state index in [0.717, 1.165) is 17.7 Å². The summed E-state index contributed by atoms with van der Waals surface area (Å²) in [5.41, 5.74) is 8.98. The third kappa shape index (κ3) is 3.14. The average Bonchev–Trinajstić information content (AvgIpc) is 3.29. The molecule has 3 unspecified atom stereocenters. The summed E-state index contributed by atoms with van der Waals surface area (Å²) in [5, 5.41) is 3.00. The van der Waals surface area contributed by atoms with Crippen LogP contribution in [0.3, 0.4) is 0 Å². The van der Waals surface area contributed by atoms with Crippen LogP contribution in [0.2, 0.25) is 0 Å². The second-order valence-electron chi connectivity index (χ2n) is 5.76. The molecule has 21 heavy (non-hydrogen) atoms. The van der Waals surface area contributed by atoms with E-state index in [1.54, 1.807) is 0 Å². The lowest BCUT2D eigenvalue weighted by Gasteiger charge is -2.09. The Morgan fingerprint density at radius 1 is 1.19 bits per heavy atom. The van der Waals surface area contributed by atoms with Crippen LogP contribution in [0, 0.1) is 5.92 Å². The molecule has 1 fully saturated rings. The maximum atomic E-state index is 12.3. The van der Waals surface area contributed by atoms with Gasteiger partial charge in [0.25, 0.3) is 0 Å². The van der Waals surface area contributed by atoms with Gasteiger partial charge in [0, 0.05) is 17.6 Å². The van der Waals surface area contributed by atoms with Gasteiger partial charge in [0.1, 0.15) is 0 Å². The van der Waals surface area contributed by atoms with Crippen LogP contribution in [0.15, 0.2) is 54.6 Å². The van der Waals surface area contributed by atoms with Crippen molar-refractivity contribution in [2.24, 2.45) is 11.7 Å². The van der Waals surface area contributed by atoms with E-state index in [-0.39, 0.29) is 17.9 Å². The lowest BCUT2D eigenvalue weighted by Crippen LogP contribution is -2.15. The number of carbonyl (C=O) groups excluding carboxylic acids is 1. The molecule has 3 nitrogen and oxygen atoms in total. The maximum absolute atomic E-state index is 12.3. The summed E-state index contributed by atoms with van der Waals surface area (Å²) in [6.07, 6.45) is 0.933. The average molecular weight is 280 g/mol. The van der Waals surface area contributed by atoms with Gasteiger partial charge in [0.05, 0.1) is 0 Å². The second-order valence-corrected chi connectivity index (χ2v) is 5.76. The summed E-state index contributed by atoms with van der Waals surface area (Å²) in [4.78, 5) is 12.3. The van der Waals surface area contributed by atoms with E-state index in [0.29, 0.717) is 5.92 Å². The molecule has 0 aliphatic heterocycles. The molecule has 3 rings (SSSR count). The fourth-order valence-corrected chi connectivity index (χ4v) is 2.69. The van der Waals surface area contributed by atoms with Crippen molar-refractivity contribution in [2.45, 2.75) is 25.3 Å². The Labute approximate surface area is 125 Å². The zero-order chi connectivity index (χ0) is 14.8. The predicted molar refractivity (Wildman–Crippen MR) is 85.0 cm³/mol. The van der Waals surface area contributed by atoms with Crippen LogP contribution in [0.5, 0.6) is 0 Å². The quantitative estimate of drug-likeness (QED) is 0.901. The molecule has 2 aromatic rings. The van der Waals surface area contributed by atoms with Crippen molar-refractivity contribution in [2.75, 3.05) is 5.32 Å². The molecule has 3 atom stereocenters. The largest absolute Gasteiger partial charge is 0.326 e. The normalized spacial score (nSPS) is 21.6. The molecule has 1 aliphatic carbocycles. The van der Waals surface area contributed by atoms with Gasteiger partial charge >= 0.3 is 0 Å². The second kappa shape index (κ2) is 5.70. The summed E-state index contributed by atoms with van der Waals surface area (Å²) in [7, 11) is 0. The van der Waals surface area contributed by atoms with Gasteiger partial charge in [-0.05, 0) is 42.5 Å². The minimum atomic E-state index is -0.0279. The van der Waals surface area contributed by atoms with Gasteiger partial charge in [0.2, 0.25) is 5.91 Å². The van der Waals surface area contributed by atoms with Crippen molar-refractivity contribution >= 4 is 11.6 Å². The topological polar surface area (TPSA) is 55.1 Å². The summed E-state index contributed by atoms with van der Waals surface area (Å²) in [6.45, 7) is 1.94. The van der Waals surface area contributed by atoms with Crippen LogP contribution >= 0.6 is 0 Å². The number of nitrogens with two attached hydrogens (primary N) is 1. The number of hydrogen-bond acceptors (Lipinski definition) is 2. The SMILES string of the molecule is CC(N)c1cccc(NC(=O)C2CC2c2ccccc2)c1. The maximum Gasteiger partial charge on any atom is 0.228 e. The van der Waals surface area contributed by atoms with E-state index >= 15 is 0 Å². The smallest absolute Gasteiger partial charge is 0.228 e. The van der Waals surface area contributed by atoms with Gasteiger partial charge in [-0.1, -0.05) is 42.5 Å². The van der Waals surface area contributed by atoms with E-state index in [1.807, 2.05) is 49.4 Å². The van der Waals surface area contributed by atoms with E-state index in [2.05, 4.69) is 17.4 Å². The molecule has 2 aromatic carbocycles. The highest BCUT2D eigenvalue weighted by atomic mass is 16.2. The van der Waals surface area contributed by atoms with Crippen molar-refractivity contribution < 1.29 is 4.79 Å². The Hall–Kier alpha value is -2.13. The molecule has 3 heteroatoms. The van der Waals surface area contributed by atoms with Crippen LogP contribution in [0.4, 0.5) is 5.69 Å². The lowest BCUT2D eigenvalue weighted by molar-refractivity contribution is -0.117. The third-order valence-corrected chi connectivity index (χ3v) is 4.03. The Balaban J connectivity index is 1.64. The number of benzene rings is 2. The molecule has 0 saturated heterocycles. The molecule has 108 valence electrons. The Morgan fingerprint density at radius 3 is 2.67 bits per heavy atom. The number of anilines is 1. The van der Waals surface area contributed by atoms with Crippen molar-refractivity contribution in [1.82, 2.24) is 0 Å². The lowest BCUT2D eigenvalue weighted by atomic mass is 10.1. The molecule has 3 N–H and O–H groups in total. The Morgan fingerprint density at radius 2 is 1.95 bits per heavy atom. The van der Waals surface area contributed by atoms with Gasteiger partial charge in [-0.25, -0.2) is 0 Å². The van der Waals surface area contributed by atoms with Gasteiger partial charge in [0.15, 0.2) is 0 Å². The summed E-state index contributed by atoms with van der Waals surface area (Å²) in [5.74, 6) is 0.555. The van der Waals surface area contributed by atoms with Crippen LogP contribution < -0.4 is 11.1 Å². The molecule has 0 spiro atoms. The van der Waals surface area contributed by atoms with Crippen LogP contribution in [0.25, 0.3) is 0 Å². The molecular formula is C18H20N2O. The molecule has 0 heterocycles. The predicted octanol–water partition coefficient (Wildman–Crippen LogP) is 3.45. The Bertz CT molecular complexity index is 637. The van der Waals surface area contributed by atoms with Gasteiger partial charge in [-0.15, -0.1) is 0 Å². The number of hydrogen-bond donors (Lipinski definition) is 2. The van der Waals surface area contributed by atoms with Crippen LogP contribution in [-0.4, -0.2) is 5.91 Å². The fraction of sp³-hybridized carbons (Fsp3) is 0.278. The van der Waals surface area contributed by atoms with Gasteiger partial charge in [-0.2, -0.15) is 0 Å². The first kappa shape index (κ1) is 13.8. The molecule has 0 aromatic heterocycles. The zero-order valence-electron chi connectivity index (χ0n) is 12.1. The first-order chi connectivity index (χ1) is 10.1. The monoisotopic (exact) mass is 280 g/mol. The highest BCUT2D eigenvalue weighted by molar-refractivity contribution is 5.95. The van der Waals surface area contributed by atoms with E-state index in [9.17, 15) is 4.79 Å². The van der Waals surface area contributed by atoms with Gasteiger partial charge < -0.3 is 11.1 Å². The zero-order valence-corrected chi connectivity index (χ0v) is 12.1. The molecule has 1 saturated carbocycles. The van der Waals surface area contributed by atoms with Crippen molar-refractivity contribution in [3.63, 3.8) is 0 Å². The van der Waals surface area contributed by atoms with Crippen LogP contribution in [-0.2, 0) is 4.79 Å². The van der Waals surface area contributed by atoms with E-state index in [1.165, 1.54) is 5.56 Å². The highest BCUT2D eigenvalue weighted by Crippen LogP contribution is 2.47. The van der Waals surface area contributed by atoms with E-state index in [4.69, 9.17) is 5.73 Å². The molecule has 1 aliphatic rings. The minimum Gasteiger partial charge on any atom is -0.326 e. The van der Waals surface area contributed by atoms with Crippen molar-refractivity contribution in [1.29, 1.82) is 0 Å². The number of nitrogens with one attached hydrogen (secondary N) is 1. The molecule has 1 amide bonds. The van der Waals surface area contributed by atoms with E-state index < -0.39 is 0 Å². The summed E-state index contributed by atoms with van der Waals surface area (Å²) in [6, 6.07) is 18.0. The fourth-order valence-electron chi connectivity index (χ4n) is 2.69. The van der Waals surface area contributed by atoms with Crippen molar-refractivity contribution in [3.8, 4) is 0 Å². The number of rotatable bonds is 4. The summed E-state index contributed by atoms with van der Waals surface area (Å²) < 4.78 is 0. The van der Waals surface area contributed by atoms with Crippen molar-refractivity contribution in [3.05, 3.63) is 65.7 Å². The molecule has 0 bridgehead atoms. The minimum absolute atomic E-state index is 0.0279. The highest BCUT2D eigenvalue weighted by Gasteiger charge is 2.43. The first-order valence-corrected chi connectivity index (χ1v) is 7.36. The number of carbonyl (C=O) groups is 1. The van der Waals surface area contributed by atoms with Gasteiger partial charge in [-0.3, -0.25) is 4.79 Å². The summed E-state index contributed by atoms with van der Waals surface area (Å²) >= 11 is 0. The first-order valence-electron chi connectivity index (χ1n) is 7.36. The molecular weight excluding hydrogens is 260 g/mol. The number of amides is 1. The standard InChI is InChI=1S/C18H20N2O/c1-12(19)14-8-5-9-15(10-14)20-18(21)17-11-16(17)13-6-3-2-4-7-13/h2-10,12,16-17H,11,19H2,1H3,(H,20,21). The molecule has 0 radical (unpaired) electrons.